The molecule has 0 unspecified atom stereocenters. The average molecular weight is 449 g/mol. The van der Waals surface area contributed by atoms with Crippen LogP contribution in [-0.2, 0) is 27.3 Å². The summed E-state index contributed by atoms with van der Waals surface area (Å²) in [6.07, 6.45) is 10.7. The fraction of sp³-hybridized carbons (Fsp3) is 0.500. The summed E-state index contributed by atoms with van der Waals surface area (Å²) in [5.74, 6) is -0.408. The summed E-state index contributed by atoms with van der Waals surface area (Å²) in [4.78, 5) is 25.4. The zero-order chi connectivity index (χ0) is 23.2. The monoisotopic (exact) mass is 448 g/mol. The van der Waals surface area contributed by atoms with Crippen molar-refractivity contribution in [3.8, 4) is 6.07 Å². The van der Waals surface area contributed by atoms with Crippen LogP contribution in [0, 0.1) is 11.3 Å². The Morgan fingerprint density at radius 3 is 2.76 bits per heavy atom. The topological polar surface area (TPSA) is 96.2 Å². The summed E-state index contributed by atoms with van der Waals surface area (Å²) in [5, 5.41) is 16.6. The molecule has 33 heavy (non-hydrogen) atoms. The Labute approximate surface area is 194 Å². The van der Waals surface area contributed by atoms with Crippen LogP contribution in [0.5, 0.6) is 0 Å². The van der Waals surface area contributed by atoms with Gasteiger partial charge in [0.2, 0.25) is 5.91 Å². The molecule has 7 heteroatoms. The maximum absolute atomic E-state index is 12.7. The molecular weight excluding hydrogens is 416 g/mol. The van der Waals surface area contributed by atoms with E-state index in [2.05, 4.69) is 23.6 Å². The minimum absolute atomic E-state index is 0.00458. The van der Waals surface area contributed by atoms with Gasteiger partial charge >= 0.3 is 0 Å². The van der Waals surface area contributed by atoms with Gasteiger partial charge in [-0.2, -0.15) is 5.26 Å². The maximum atomic E-state index is 12.7. The molecule has 2 amide bonds. The van der Waals surface area contributed by atoms with E-state index in [-0.39, 0.29) is 30.2 Å². The summed E-state index contributed by atoms with van der Waals surface area (Å²) in [6, 6.07) is 8.31. The van der Waals surface area contributed by atoms with Crippen LogP contribution in [0.2, 0.25) is 0 Å². The Morgan fingerprint density at radius 2 is 2.06 bits per heavy atom. The smallest absolute Gasteiger partial charge is 0.262 e. The predicted octanol–water partition coefficient (Wildman–Crippen LogP) is 3.46. The first-order chi connectivity index (χ1) is 16.1. The lowest BCUT2D eigenvalue weighted by Crippen LogP contribution is -2.35. The second-order valence-corrected chi connectivity index (χ2v) is 8.94. The van der Waals surface area contributed by atoms with Crippen molar-refractivity contribution in [1.82, 2.24) is 15.2 Å². The number of aromatic nitrogens is 1. The molecule has 1 aliphatic heterocycles. The van der Waals surface area contributed by atoms with Crippen LogP contribution in [0.4, 0.5) is 0 Å². The van der Waals surface area contributed by atoms with E-state index in [0.29, 0.717) is 6.54 Å². The number of benzene rings is 1. The first-order valence-electron chi connectivity index (χ1n) is 12.0. The molecule has 2 heterocycles. The van der Waals surface area contributed by atoms with Crippen LogP contribution >= 0.6 is 0 Å². The molecule has 1 saturated carbocycles. The third kappa shape index (κ3) is 5.45. The van der Waals surface area contributed by atoms with Gasteiger partial charge in [-0.05, 0) is 43.7 Å². The number of nitrogens with one attached hydrogen (secondary N) is 2. The third-order valence-corrected chi connectivity index (χ3v) is 6.61. The number of carbonyl (C=O) groups excluding carboxylic acids is 2. The van der Waals surface area contributed by atoms with E-state index in [9.17, 15) is 14.9 Å². The molecule has 1 atom stereocenters. The number of hydrogen-bond acceptors (Lipinski definition) is 4. The van der Waals surface area contributed by atoms with Crippen molar-refractivity contribution in [1.29, 1.82) is 5.26 Å². The number of fused-ring (bicyclic) bond motifs is 1. The highest BCUT2D eigenvalue weighted by atomic mass is 16.5. The van der Waals surface area contributed by atoms with E-state index in [0.717, 1.165) is 73.6 Å². The van der Waals surface area contributed by atoms with E-state index in [1.54, 1.807) is 6.08 Å². The SMILES string of the molecule is CCc1cccc2c(/C=C(\C#N)C(=O)NC[C@@H]3CCCO3)cn(CC(=O)NC3CCCC3)c12. The summed E-state index contributed by atoms with van der Waals surface area (Å²) in [6.45, 7) is 3.42. The molecule has 1 aromatic heterocycles. The van der Waals surface area contributed by atoms with Crippen LogP contribution in [-0.4, -0.2) is 41.7 Å². The van der Waals surface area contributed by atoms with E-state index < -0.39 is 5.91 Å². The van der Waals surface area contributed by atoms with Crippen molar-refractivity contribution in [3.63, 3.8) is 0 Å². The van der Waals surface area contributed by atoms with Crippen molar-refractivity contribution in [2.45, 2.75) is 70.6 Å². The number of amides is 2. The lowest BCUT2D eigenvalue weighted by molar-refractivity contribution is -0.122. The van der Waals surface area contributed by atoms with Gasteiger partial charge in [-0.25, -0.2) is 0 Å². The van der Waals surface area contributed by atoms with Gasteiger partial charge in [-0.15, -0.1) is 0 Å². The average Bonchev–Trinajstić information content (AvgIpc) is 3.58. The molecule has 7 nitrogen and oxygen atoms in total. The predicted molar refractivity (Wildman–Crippen MR) is 127 cm³/mol. The van der Waals surface area contributed by atoms with Gasteiger partial charge in [0, 0.05) is 36.3 Å². The fourth-order valence-corrected chi connectivity index (χ4v) is 4.90. The molecule has 1 aromatic carbocycles. The highest BCUT2D eigenvalue weighted by Crippen LogP contribution is 2.27. The normalized spacial score (nSPS) is 19.0. The summed E-state index contributed by atoms with van der Waals surface area (Å²) >= 11 is 0. The van der Waals surface area contributed by atoms with Crippen molar-refractivity contribution >= 4 is 28.8 Å². The highest BCUT2D eigenvalue weighted by Gasteiger charge is 2.20. The molecule has 0 radical (unpaired) electrons. The van der Waals surface area contributed by atoms with Gasteiger partial charge in [0.15, 0.2) is 0 Å². The molecule has 1 saturated heterocycles. The van der Waals surface area contributed by atoms with Crippen LogP contribution in [0.25, 0.3) is 17.0 Å². The number of rotatable bonds is 8. The molecule has 174 valence electrons. The van der Waals surface area contributed by atoms with Crippen molar-refractivity contribution in [3.05, 3.63) is 41.1 Å². The highest BCUT2D eigenvalue weighted by molar-refractivity contribution is 6.04. The molecule has 0 spiro atoms. The summed E-state index contributed by atoms with van der Waals surface area (Å²) in [7, 11) is 0. The molecule has 2 aliphatic rings. The zero-order valence-electron chi connectivity index (χ0n) is 19.2. The molecule has 2 fully saturated rings. The van der Waals surface area contributed by atoms with Gasteiger partial charge in [-0.3, -0.25) is 9.59 Å². The molecular formula is C26H32N4O3. The van der Waals surface area contributed by atoms with Gasteiger partial charge in [0.25, 0.3) is 5.91 Å². The Hall–Kier alpha value is -3.11. The summed E-state index contributed by atoms with van der Waals surface area (Å²) < 4.78 is 7.50. The molecule has 2 aromatic rings. The quantitative estimate of drug-likeness (QED) is 0.477. The van der Waals surface area contributed by atoms with Crippen molar-refractivity contribution in [2.24, 2.45) is 0 Å². The Morgan fingerprint density at radius 1 is 1.24 bits per heavy atom. The number of aryl methyl sites for hydroxylation is 1. The second-order valence-electron chi connectivity index (χ2n) is 8.94. The minimum Gasteiger partial charge on any atom is -0.376 e. The van der Waals surface area contributed by atoms with Gasteiger partial charge in [-0.1, -0.05) is 38.0 Å². The number of nitriles is 1. The first-order valence-corrected chi connectivity index (χ1v) is 12.0. The second kappa shape index (κ2) is 10.7. The maximum Gasteiger partial charge on any atom is 0.262 e. The first kappa shape index (κ1) is 23.1. The van der Waals surface area contributed by atoms with Crippen molar-refractivity contribution < 1.29 is 14.3 Å². The van der Waals surface area contributed by atoms with E-state index in [1.165, 1.54) is 0 Å². The van der Waals surface area contributed by atoms with Gasteiger partial charge in [0.1, 0.15) is 18.2 Å². The van der Waals surface area contributed by atoms with Crippen LogP contribution in [0.3, 0.4) is 0 Å². The Bertz CT molecular complexity index is 1080. The van der Waals surface area contributed by atoms with E-state index in [1.807, 2.05) is 29.0 Å². The molecule has 1 aliphatic carbocycles. The van der Waals surface area contributed by atoms with Crippen molar-refractivity contribution in [2.75, 3.05) is 13.2 Å². The number of para-hydroxylation sites is 1. The minimum atomic E-state index is -0.403. The Balaban J connectivity index is 1.58. The zero-order valence-corrected chi connectivity index (χ0v) is 19.2. The lowest BCUT2D eigenvalue weighted by atomic mass is 10.1. The van der Waals surface area contributed by atoms with Gasteiger partial charge in [0.05, 0.1) is 11.6 Å². The third-order valence-electron chi connectivity index (χ3n) is 6.61. The Kier molecular flexibility index (Phi) is 7.46. The van der Waals surface area contributed by atoms with E-state index in [4.69, 9.17) is 4.74 Å². The lowest BCUT2D eigenvalue weighted by Gasteiger charge is -2.13. The number of nitrogens with zero attached hydrogens (tertiary/aromatic N) is 2. The van der Waals surface area contributed by atoms with Crippen LogP contribution in [0.15, 0.2) is 30.0 Å². The molecule has 2 N–H and O–H groups in total. The number of hydrogen-bond donors (Lipinski definition) is 2. The van der Waals surface area contributed by atoms with Gasteiger partial charge < -0.3 is 19.9 Å². The fourth-order valence-electron chi connectivity index (χ4n) is 4.90. The summed E-state index contributed by atoms with van der Waals surface area (Å²) in [5.41, 5.74) is 2.91. The largest absolute Gasteiger partial charge is 0.376 e. The molecule has 0 bridgehead atoms. The van der Waals surface area contributed by atoms with Crippen LogP contribution in [0.1, 0.15) is 56.6 Å². The molecule has 4 rings (SSSR count). The number of carbonyl (C=O) groups is 2. The van der Waals surface area contributed by atoms with Crippen LogP contribution < -0.4 is 10.6 Å². The standard InChI is InChI=1S/C26H32N4O3/c1-2-18-7-5-11-23-20(13-19(14-27)26(32)28-15-22-10-6-12-33-22)16-30(25(18)23)17-24(31)29-21-8-3-4-9-21/h5,7,11,13,16,21-22H,2-4,6,8-10,12,15,17H2,1H3,(H,28,32)(H,29,31)/b19-13+/t22-/m0/s1. The number of ether oxygens (including phenoxy) is 1. The van der Waals surface area contributed by atoms with E-state index >= 15 is 0 Å².